The maximum atomic E-state index is 13.3. The van der Waals surface area contributed by atoms with E-state index in [0.29, 0.717) is 17.4 Å². The minimum Gasteiger partial charge on any atom is -0.325 e. The summed E-state index contributed by atoms with van der Waals surface area (Å²) in [5.74, 6) is 0.263. The average Bonchev–Trinajstić information content (AvgIpc) is 3.22. The summed E-state index contributed by atoms with van der Waals surface area (Å²) < 4.78 is 0. The number of aryl methyl sites for hydroxylation is 2. The molecule has 5 rings (SSSR count). The topological polar surface area (TPSA) is 74.1 Å². The predicted molar refractivity (Wildman–Crippen MR) is 142 cm³/mol. The van der Waals surface area contributed by atoms with Crippen molar-refractivity contribution in [2.24, 2.45) is 9.98 Å². The molecule has 2 aliphatic rings. The molecule has 176 valence electrons. The van der Waals surface area contributed by atoms with Crippen molar-refractivity contribution in [2.45, 2.75) is 38.5 Å². The first-order valence-corrected chi connectivity index (χ1v) is 12.5. The molecule has 0 aromatic heterocycles. The van der Waals surface area contributed by atoms with Gasteiger partial charge in [-0.1, -0.05) is 73.3 Å². The molecule has 35 heavy (non-hydrogen) atoms. The fourth-order valence-corrected chi connectivity index (χ4v) is 5.35. The van der Waals surface area contributed by atoms with Crippen LogP contribution in [0.4, 0.5) is 11.4 Å². The summed E-state index contributed by atoms with van der Waals surface area (Å²) in [6, 6.07) is 22.7. The molecule has 0 radical (unpaired) electrons. The third-order valence-electron chi connectivity index (χ3n) is 6.18. The lowest BCUT2D eigenvalue weighted by Gasteiger charge is -2.32. The van der Waals surface area contributed by atoms with Gasteiger partial charge in [-0.05, 0) is 55.2 Å². The molecule has 2 unspecified atom stereocenters. The normalized spacial score (nSPS) is 17.3. The molecule has 0 bridgehead atoms. The molecule has 0 saturated heterocycles. The Kier molecular flexibility index (Phi) is 6.26. The third-order valence-corrected chi connectivity index (χ3v) is 7.51. The van der Waals surface area contributed by atoms with E-state index >= 15 is 0 Å². The van der Waals surface area contributed by atoms with Crippen molar-refractivity contribution in [3.05, 3.63) is 95.1 Å². The summed E-state index contributed by atoms with van der Waals surface area (Å²) in [6.45, 7) is 5.97. The Bertz CT molecular complexity index is 1370. The SMILES string of the molecule is CCC(SC1=Nc2ccccc2C2=NC(=O)C(c3ccccc3)N12)C(=O)Nc1cc(C)ccc1C. The summed E-state index contributed by atoms with van der Waals surface area (Å²) in [7, 11) is 0. The van der Waals surface area contributed by atoms with Crippen LogP contribution in [-0.2, 0) is 9.59 Å². The quantitative estimate of drug-likeness (QED) is 0.500. The van der Waals surface area contributed by atoms with Crippen molar-refractivity contribution in [3.8, 4) is 0 Å². The van der Waals surface area contributed by atoms with Crippen molar-refractivity contribution >= 4 is 46.0 Å². The fraction of sp³-hybridized carbons (Fsp3) is 0.214. The zero-order valence-electron chi connectivity index (χ0n) is 19.9. The average molecular weight is 483 g/mol. The molecule has 3 aromatic carbocycles. The Labute approximate surface area is 209 Å². The van der Waals surface area contributed by atoms with E-state index in [0.717, 1.165) is 33.6 Å². The molecule has 2 atom stereocenters. The predicted octanol–water partition coefficient (Wildman–Crippen LogP) is 5.79. The van der Waals surface area contributed by atoms with Crippen LogP contribution in [0.5, 0.6) is 0 Å². The van der Waals surface area contributed by atoms with Gasteiger partial charge in [0.15, 0.2) is 5.17 Å². The number of nitrogens with one attached hydrogen (secondary N) is 1. The number of nitrogens with zero attached hydrogens (tertiary/aromatic N) is 3. The van der Waals surface area contributed by atoms with E-state index in [4.69, 9.17) is 4.99 Å². The number of amidine groups is 2. The lowest BCUT2D eigenvalue weighted by atomic mass is 10.0. The number of rotatable bonds is 5. The van der Waals surface area contributed by atoms with E-state index in [2.05, 4.69) is 10.3 Å². The standard InChI is InChI=1S/C28H26N4O2S/c1-4-23(26(33)29-22-16-17(2)14-15-18(22)3)35-28-30-21-13-9-8-12-20(21)25-31-27(34)24(32(25)28)19-10-6-5-7-11-19/h5-16,23-24H,4H2,1-3H3,(H,29,33). The van der Waals surface area contributed by atoms with E-state index in [9.17, 15) is 9.59 Å². The molecule has 0 aliphatic carbocycles. The van der Waals surface area contributed by atoms with Crippen LogP contribution in [0.2, 0.25) is 0 Å². The molecule has 2 heterocycles. The number of carbonyl (C=O) groups excluding carboxylic acids is 2. The Morgan fingerprint density at radius 1 is 1.03 bits per heavy atom. The molecule has 0 saturated carbocycles. The van der Waals surface area contributed by atoms with Gasteiger partial charge >= 0.3 is 0 Å². The summed E-state index contributed by atoms with van der Waals surface area (Å²) in [5.41, 5.74) is 5.31. The van der Waals surface area contributed by atoms with Gasteiger partial charge in [0.2, 0.25) is 5.91 Å². The zero-order chi connectivity index (χ0) is 24.5. The number of anilines is 1. The summed E-state index contributed by atoms with van der Waals surface area (Å²) in [5, 5.41) is 3.30. The fourth-order valence-electron chi connectivity index (χ4n) is 4.30. The van der Waals surface area contributed by atoms with Crippen molar-refractivity contribution in [1.82, 2.24) is 4.90 Å². The highest BCUT2D eigenvalue weighted by Crippen LogP contribution is 2.40. The molecule has 0 spiro atoms. The Balaban J connectivity index is 1.50. The number of benzene rings is 3. The van der Waals surface area contributed by atoms with E-state index < -0.39 is 11.3 Å². The van der Waals surface area contributed by atoms with Crippen LogP contribution in [0.1, 0.15) is 41.6 Å². The maximum Gasteiger partial charge on any atom is 0.275 e. The van der Waals surface area contributed by atoms with Crippen molar-refractivity contribution in [1.29, 1.82) is 0 Å². The number of fused-ring (bicyclic) bond motifs is 3. The van der Waals surface area contributed by atoms with Gasteiger partial charge in [-0.25, -0.2) is 4.99 Å². The molecule has 7 heteroatoms. The zero-order valence-corrected chi connectivity index (χ0v) is 20.7. The summed E-state index contributed by atoms with van der Waals surface area (Å²) in [4.78, 5) is 37.7. The molecule has 1 N–H and O–H groups in total. The van der Waals surface area contributed by atoms with Gasteiger partial charge in [0.25, 0.3) is 5.91 Å². The number of hydrogen-bond acceptors (Lipinski definition) is 5. The number of amides is 2. The van der Waals surface area contributed by atoms with Crippen LogP contribution >= 0.6 is 11.8 Å². The Hall–Kier alpha value is -3.71. The van der Waals surface area contributed by atoms with Gasteiger partial charge in [0.05, 0.1) is 10.9 Å². The van der Waals surface area contributed by atoms with Gasteiger partial charge in [0.1, 0.15) is 11.9 Å². The number of thioether (sulfide) groups is 1. The number of aliphatic imine (C=N–C) groups is 2. The third kappa shape index (κ3) is 4.39. The second-order valence-electron chi connectivity index (χ2n) is 8.69. The number of para-hydroxylation sites is 1. The minimum atomic E-state index is -0.606. The smallest absolute Gasteiger partial charge is 0.275 e. The largest absolute Gasteiger partial charge is 0.325 e. The van der Waals surface area contributed by atoms with Gasteiger partial charge in [-0.15, -0.1) is 0 Å². The lowest BCUT2D eigenvalue weighted by molar-refractivity contribution is -0.119. The van der Waals surface area contributed by atoms with E-state index in [-0.39, 0.29) is 11.8 Å². The van der Waals surface area contributed by atoms with Crippen LogP contribution < -0.4 is 5.32 Å². The summed E-state index contributed by atoms with van der Waals surface area (Å²) >= 11 is 1.37. The molecular weight excluding hydrogens is 456 g/mol. The van der Waals surface area contributed by atoms with Crippen LogP contribution in [0.25, 0.3) is 0 Å². The van der Waals surface area contributed by atoms with Gasteiger partial charge in [-0.2, -0.15) is 4.99 Å². The molecular formula is C28H26N4O2S. The van der Waals surface area contributed by atoms with Crippen molar-refractivity contribution in [2.75, 3.05) is 5.32 Å². The highest BCUT2D eigenvalue weighted by molar-refractivity contribution is 8.15. The molecule has 0 fully saturated rings. The minimum absolute atomic E-state index is 0.0898. The first-order chi connectivity index (χ1) is 17.0. The van der Waals surface area contributed by atoms with Crippen LogP contribution in [0, 0.1) is 13.8 Å². The first kappa shape index (κ1) is 23.1. The van der Waals surface area contributed by atoms with Crippen molar-refractivity contribution in [3.63, 3.8) is 0 Å². The van der Waals surface area contributed by atoms with Gasteiger partial charge in [0, 0.05) is 11.3 Å². The Morgan fingerprint density at radius 3 is 2.54 bits per heavy atom. The van der Waals surface area contributed by atoms with Crippen LogP contribution in [0.3, 0.4) is 0 Å². The monoisotopic (exact) mass is 482 g/mol. The summed E-state index contributed by atoms with van der Waals surface area (Å²) in [6.07, 6.45) is 0.603. The van der Waals surface area contributed by atoms with Crippen LogP contribution in [-0.4, -0.2) is 33.0 Å². The van der Waals surface area contributed by atoms with E-state index in [1.165, 1.54) is 11.8 Å². The van der Waals surface area contributed by atoms with E-state index in [1.807, 2.05) is 98.5 Å². The number of carbonyl (C=O) groups is 2. The van der Waals surface area contributed by atoms with Crippen LogP contribution in [0.15, 0.2) is 82.8 Å². The first-order valence-electron chi connectivity index (χ1n) is 11.7. The molecule has 2 amide bonds. The Morgan fingerprint density at radius 2 is 1.77 bits per heavy atom. The van der Waals surface area contributed by atoms with Gasteiger partial charge < -0.3 is 5.32 Å². The number of hydrogen-bond donors (Lipinski definition) is 1. The molecule has 3 aromatic rings. The highest BCUT2D eigenvalue weighted by atomic mass is 32.2. The van der Waals surface area contributed by atoms with E-state index in [1.54, 1.807) is 0 Å². The maximum absolute atomic E-state index is 13.3. The second kappa shape index (κ2) is 9.50. The molecule has 2 aliphatic heterocycles. The van der Waals surface area contributed by atoms with Gasteiger partial charge in [-0.3, -0.25) is 14.5 Å². The highest BCUT2D eigenvalue weighted by Gasteiger charge is 2.43. The lowest BCUT2D eigenvalue weighted by Crippen LogP contribution is -2.40. The molecule has 6 nitrogen and oxygen atoms in total. The van der Waals surface area contributed by atoms with Crippen molar-refractivity contribution < 1.29 is 9.59 Å². The second-order valence-corrected chi connectivity index (χ2v) is 9.86.